The van der Waals surface area contributed by atoms with Crippen molar-refractivity contribution in [3.63, 3.8) is 0 Å². The Hall–Kier alpha value is -3.67. The predicted molar refractivity (Wildman–Crippen MR) is 104 cm³/mol. The number of carboxylic acids is 2. The van der Waals surface area contributed by atoms with Crippen LogP contribution >= 0.6 is 0 Å². The number of rotatable bonds is 4. The average molecular weight is 452 g/mol. The van der Waals surface area contributed by atoms with E-state index in [2.05, 4.69) is 15.0 Å². The molecule has 1 aliphatic heterocycles. The first-order valence-corrected chi connectivity index (χ1v) is 9.34. The van der Waals surface area contributed by atoms with Crippen molar-refractivity contribution in [2.45, 2.75) is 25.7 Å². The van der Waals surface area contributed by atoms with Crippen LogP contribution in [0.5, 0.6) is 0 Å². The molecule has 0 amide bonds. The summed E-state index contributed by atoms with van der Waals surface area (Å²) in [5, 5.41) is 21.0. The molecule has 32 heavy (non-hydrogen) atoms. The normalized spacial score (nSPS) is 13.8. The number of hydrogen-bond donors (Lipinski definition) is 2. The highest BCUT2D eigenvalue weighted by molar-refractivity contribution is 5.96. The van der Waals surface area contributed by atoms with Gasteiger partial charge in [-0.15, -0.1) is 0 Å². The molecule has 0 radical (unpaired) electrons. The van der Waals surface area contributed by atoms with Gasteiger partial charge in [0.15, 0.2) is 0 Å². The Balaban J connectivity index is 0.000000360. The molecule has 0 aliphatic carbocycles. The molecule has 9 nitrogen and oxygen atoms in total. The van der Waals surface area contributed by atoms with Gasteiger partial charge in [0.2, 0.25) is 0 Å². The first-order chi connectivity index (χ1) is 15.1. The van der Waals surface area contributed by atoms with Gasteiger partial charge < -0.3 is 14.6 Å². The van der Waals surface area contributed by atoms with E-state index in [0.29, 0.717) is 30.8 Å². The van der Waals surface area contributed by atoms with E-state index in [1.165, 1.54) is 0 Å². The van der Waals surface area contributed by atoms with Crippen molar-refractivity contribution >= 4 is 11.9 Å². The second-order valence-electron chi connectivity index (χ2n) is 7.04. The molecule has 12 heteroatoms. The summed E-state index contributed by atoms with van der Waals surface area (Å²) in [6, 6.07) is 3.82. The summed E-state index contributed by atoms with van der Waals surface area (Å²) in [4.78, 5) is 27.5. The molecule has 4 heterocycles. The van der Waals surface area contributed by atoms with Crippen LogP contribution in [-0.2, 0) is 31.4 Å². The number of hydrogen-bond acceptors (Lipinski definition) is 6. The largest absolute Gasteiger partial charge is 0.490 e. The lowest BCUT2D eigenvalue weighted by Gasteiger charge is -2.29. The molecule has 0 saturated carbocycles. The van der Waals surface area contributed by atoms with E-state index >= 15 is 0 Å². The zero-order valence-corrected chi connectivity index (χ0v) is 16.8. The molecule has 0 spiro atoms. The van der Waals surface area contributed by atoms with Crippen molar-refractivity contribution in [2.24, 2.45) is 7.05 Å². The van der Waals surface area contributed by atoms with Gasteiger partial charge in [0.1, 0.15) is 5.76 Å². The molecule has 170 valence electrons. The molecule has 4 rings (SSSR count). The van der Waals surface area contributed by atoms with Gasteiger partial charge in [0, 0.05) is 38.1 Å². The SMILES string of the molecule is Cn1cc(-c2ncc3c(c2C(=O)O)CCN(Cc2ccco2)C3)cn1.O=C(O)C(F)(F)F. The Bertz CT molecular complexity index is 1110. The van der Waals surface area contributed by atoms with Crippen LogP contribution in [0.1, 0.15) is 27.2 Å². The molecule has 0 bridgehead atoms. The van der Waals surface area contributed by atoms with E-state index in [9.17, 15) is 23.1 Å². The van der Waals surface area contributed by atoms with Crippen molar-refractivity contribution < 1.29 is 37.4 Å². The summed E-state index contributed by atoms with van der Waals surface area (Å²) in [5.41, 5.74) is 3.34. The summed E-state index contributed by atoms with van der Waals surface area (Å²) in [7, 11) is 1.80. The maximum atomic E-state index is 11.9. The van der Waals surface area contributed by atoms with Crippen molar-refractivity contribution in [2.75, 3.05) is 6.54 Å². The van der Waals surface area contributed by atoms with Crippen LogP contribution in [0.2, 0.25) is 0 Å². The lowest BCUT2D eigenvalue weighted by molar-refractivity contribution is -0.192. The average Bonchev–Trinajstić information content (AvgIpc) is 3.38. The number of aryl methyl sites for hydroxylation is 1. The van der Waals surface area contributed by atoms with E-state index in [4.69, 9.17) is 14.3 Å². The number of nitrogens with zero attached hydrogens (tertiary/aromatic N) is 4. The second-order valence-corrected chi connectivity index (χ2v) is 7.04. The Morgan fingerprint density at radius 3 is 2.50 bits per heavy atom. The van der Waals surface area contributed by atoms with Gasteiger partial charge in [-0.25, -0.2) is 9.59 Å². The molecule has 2 N–H and O–H groups in total. The molecule has 0 aromatic carbocycles. The zero-order valence-electron chi connectivity index (χ0n) is 16.8. The number of pyridine rings is 1. The number of halogens is 3. The number of aromatic carboxylic acids is 1. The maximum absolute atomic E-state index is 11.9. The fourth-order valence-corrected chi connectivity index (χ4v) is 3.35. The van der Waals surface area contributed by atoms with Crippen molar-refractivity contribution in [1.82, 2.24) is 19.7 Å². The number of aromatic nitrogens is 3. The quantitative estimate of drug-likeness (QED) is 0.620. The van der Waals surface area contributed by atoms with Gasteiger partial charge in [0.25, 0.3) is 0 Å². The Morgan fingerprint density at radius 1 is 1.25 bits per heavy atom. The monoisotopic (exact) mass is 452 g/mol. The standard InChI is InChI=1S/C18H18N4O3.C2HF3O2/c1-21-9-13(8-20-21)17-16(18(23)24)15-4-5-22(10-12(15)7-19-17)11-14-3-2-6-25-14;3-2(4,5)1(6)7/h2-3,6-9H,4-5,10-11H2,1H3,(H,23,24);(H,6,7). The Morgan fingerprint density at radius 2 is 1.97 bits per heavy atom. The number of carbonyl (C=O) groups is 2. The summed E-state index contributed by atoms with van der Waals surface area (Å²) >= 11 is 0. The highest BCUT2D eigenvalue weighted by atomic mass is 19.4. The van der Waals surface area contributed by atoms with Gasteiger partial charge >= 0.3 is 18.1 Å². The molecule has 1 aliphatic rings. The number of fused-ring (bicyclic) bond motifs is 1. The minimum absolute atomic E-state index is 0.295. The predicted octanol–water partition coefficient (Wildman–Crippen LogP) is 2.96. The molecule has 3 aromatic rings. The smallest absolute Gasteiger partial charge is 0.478 e. The highest BCUT2D eigenvalue weighted by Crippen LogP contribution is 2.30. The summed E-state index contributed by atoms with van der Waals surface area (Å²) in [5.74, 6) is -2.79. The van der Waals surface area contributed by atoms with Gasteiger partial charge in [-0.05, 0) is 29.7 Å². The van der Waals surface area contributed by atoms with E-state index in [1.807, 2.05) is 12.1 Å². The van der Waals surface area contributed by atoms with E-state index in [0.717, 1.165) is 29.0 Å². The third-order valence-corrected chi connectivity index (χ3v) is 4.74. The van der Waals surface area contributed by atoms with E-state index < -0.39 is 18.1 Å². The lowest BCUT2D eigenvalue weighted by Crippen LogP contribution is -2.31. The summed E-state index contributed by atoms with van der Waals surface area (Å²) in [6.07, 6.45) is 2.48. The van der Waals surface area contributed by atoms with Gasteiger partial charge in [0.05, 0.1) is 30.3 Å². The topological polar surface area (TPSA) is 122 Å². The van der Waals surface area contributed by atoms with Crippen LogP contribution in [0.4, 0.5) is 13.2 Å². The number of alkyl halides is 3. The van der Waals surface area contributed by atoms with Crippen LogP contribution in [-0.4, -0.2) is 54.5 Å². The van der Waals surface area contributed by atoms with Gasteiger partial charge in [-0.3, -0.25) is 14.6 Å². The zero-order chi connectivity index (χ0) is 23.5. The Kier molecular flexibility index (Phi) is 6.63. The molecular formula is C20H19F3N4O5. The molecule has 0 saturated heterocycles. The number of aliphatic carboxylic acids is 1. The fourth-order valence-electron chi connectivity index (χ4n) is 3.35. The molecular weight excluding hydrogens is 433 g/mol. The van der Waals surface area contributed by atoms with E-state index in [-0.39, 0.29) is 0 Å². The number of furan rings is 1. The molecule has 0 atom stereocenters. The van der Waals surface area contributed by atoms with E-state index in [1.54, 1.807) is 36.6 Å². The molecule has 0 fully saturated rings. The van der Waals surface area contributed by atoms with Crippen LogP contribution in [0.15, 0.2) is 41.4 Å². The minimum Gasteiger partial charge on any atom is -0.478 e. The van der Waals surface area contributed by atoms with Crippen molar-refractivity contribution in [1.29, 1.82) is 0 Å². The Labute approximate surface area is 179 Å². The first-order valence-electron chi connectivity index (χ1n) is 9.34. The lowest BCUT2D eigenvalue weighted by atomic mass is 9.93. The number of carboxylic acid groups (broad SMARTS) is 2. The third kappa shape index (κ3) is 5.32. The highest BCUT2D eigenvalue weighted by Gasteiger charge is 2.38. The molecule has 0 unspecified atom stereocenters. The second kappa shape index (κ2) is 9.22. The summed E-state index contributed by atoms with van der Waals surface area (Å²) in [6.45, 7) is 2.15. The van der Waals surface area contributed by atoms with Crippen LogP contribution < -0.4 is 0 Å². The fraction of sp³-hybridized carbons (Fsp3) is 0.300. The minimum atomic E-state index is -5.08. The van der Waals surface area contributed by atoms with Crippen LogP contribution in [0.3, 0.4) is 0 Å². The first kappa shape index (κ1) is 23.0. The molecule has 3 aromatic heterocycles. The van der Waals surface area contributed by atoms with Crippen LogP contribution in [0, 0.1) is 0 Å². The maximum Gasteiger partial charge on any atom is 0.490 e. The van der Waals surface area contributed by atoms with Crippen LogP contribution in [0.25, 0.3) is 11.3 Å². The van der Waals surface area contributed by atoms with Crippen molar-refractivity contribution in [3.8, 4) is 11.3 Å². The van der Waals surface area contributed by atoms with Crippen molar-refractivity contribution in [3.05, 3.63) is 59.4 Å². The van der Waals surface area contributed by atoms with Gasteiger partial charge in [-0.2, -0.15) is 18.3 Å². The van der Waals surface area contributed by atoms with Gasteiger partial charge in [-0.1, -0.05) is 0 Å². The third-order valence-electron chi connectivity index (χ3n) is 4.74. The summed E-state index contributed by atoms with van der Waals surface area (Å²) < 4.78 is 38.8.